The van der Waals surface area contributed by atoms with E-state index >= 15 is 0 Å². The second-order valence-corrected chi connectivity index (χ2v) is 11.2. The first-order valence-electron chi connectivity index (χ1n) is 13.4. The highest BCUT2D eigenvalue weighted by atomic mass is 35.5. The lowest BCUT2D eigenvalue weighted by Crippen LogP contribution is -2.17. The van der Waals surface area contributed by atoms with Gasteiger partial charge in [-0.15, -0.1) is 11.3 Å². The van der Waals surface area contributed by atoms with Gasteiger partial charge in [-0.1, -0.05) is 65.2 Å². The number of carbonyl (C=O) groups excluding carboxylic acids is 1. The second kappa shape index (κ2) is 14.2. The van der Waals surface area contributed by atoms with Crippen molar-refractivity contribution in [3.8, 4) is 22.8 Å². The molecule has 0 aliphatic rings. The highest BCUT2D eigenvalue weighted by Gasteiger charge is 2.13. The zero-order valence-electron chi connectivity index (χ0n) is 23.4. The van der Waals surface area contributed by atoms with E-state index in [0.717, 1.165) is 27.6 Å². The topological polar surface area (TPSA) is 84.8 Å². The summed E-state index contributed by atoms with van der Waals surface area (Å²) in [6.45, 7) is 4.62. The van der Waals surface area contributed by atoms with Gasteiger partial charge in [-0.3, -0.25) is 4.79 Å². The van der Waals surface area contributed by atoms with Crippen molar-refractivity contribution in [2.45, 2.75) is 20.5 Å². The van der Waals surface area contributed by atoms with Crippen LogP contribution in [-0.4, -0.2) is 23.7 Å². The Kier molecular flexibility index (Phi) is 9.94. The lowest BCUT2D eigenvalue weighted by Gasteiger charge is -2.14. The van der Waals surface area contributed by atoms with Crippen LogP contribution in [0.15, 0.2) is 95.4 Å². The van der Waals surface area contributed by atoms with Crippen LogP contribution >= 0.6 is 34.5 Å². The summed E-state index contributed by atoms with van der Waals surface area (Å²) in [4.78, 5) is 17.4. The minimum atomic E-state index is -0.347. The van der Waals surface area contributed by atoms with Crippen molar-refractivity contribution in [3.63, 3.8) is 0 Å². The Morgan fingerprint density at radius 2 is 1.79 bits per heavy atom. The van der Waals surface area contributed by atoms with E-state index in [4.69, 9.17) is 32.7 Å². The monoisotopic (exact) mass is 630 g/mol. The first kappa shape index (κ1) is 30.1. The van der Waals surface area contributed by atoms with E-state index in [1.807, 2.05) is 66.9 Å². The van der Waals surface area contributed by atoms with Crippen LogP contribution in [0.2, 0.25) is 10.0 Å². The first-order valence-corrected chi connectivity index (χ1v) is 15.1. The number of carbonyl (C=O) groups is 1. The van der Waals surface area contributed by atoms with Gasteiger partial charge in [0.25, 0.3) is 5.91 Å². The maximum absolute atomic E-state index is 12.7. The number of aryl methyl sites for hydroxylation is 1. The van der Waals surface area contributed by atoms with Gasteiger partial charge in [0.1, 0.15) is 6.61 Å². The Balaban J connectivity index is 1.20. The summed E-state index contributed by atoms with van der Waals surface area (Å²) in [6, 6.07) is 26.2. The number of anilines is 2. The van der Waals surface area contributed by atoms with Crippen molar-refractivity contribution >= 4 is 57.5 Å². The van der Waals surface area contributed by atoms with E-state index in [0.29, 0.717) is 39.3 Å². The maximum Gasteiger partial charge on any atom is 0.271 e. The molecule has 0 radical (unpaired) electrons. The molecule has 5 rings (SSSR count). The average molecular weight is 632 g/mol. The van der Waals surface area contributed by atoms with Gasteiger partial charge in [0.2, 0.25) is 0 Å². The first-order chi connectivity index (χ1) is 20.9. The van der Waals surface area contributed by atoms with Crippen molar-refractivity contribution in [2.24, 2.45) is 5.10 Å². The van der Waals surface area contributed by atoms with Gasteiger partial charge in [0, 0.05) is 27.2 Å². The molecule has 43 heavy (non-hydrogen) atoms. The zero-order valence-corrected chi connectivity index (χ0v) is 25.8. The molecule has 0 saturated carbocycles. The van der Waals surface area contributed by atoms with Crippen molar-refractivity contribution in [1.29, 1.82) is 0 Å². The summed E-state index contributed by atoms with van der Waals surface area (Å²) in [6.07, 6.45) is 1.50. The molecule has 1 heterocycles. The molecule has 0 unspecified atom stereocenters. The molecule has 5 aromatic rings. The molecule has 0 bridgehead atoms. The van der Waals surface area contributed by atoms with Gasteiger partial charge in [-0.05, 0) is 73.5 Å². The summed E-state index contributed by atoms with van der Waals surface area (Å²) >= 11 is 14.1. The van der Waals surface area contributed by atoms with Crippen LogP contribution in [0.1, 0.15) is 34.0 Å². The number of halogens is 2. The smallest absolute Gasteiger partial charge is 0.271 e. The molecule has 1 amide bonds. The third kappa shape index (κ3) is 8.14. The van der Waals surface area contributed by atoms with Crippen LogP contribution in [0, 0.1) is 6.92 Å². The fourth-order valence-electron chi connectivity index (χ4n) is 4.09. The molecule has 0 aliphatic carbocycles. The Bertz CT molecular complexity index is 1740. The number of hydrogen-bond donors (Lipinski definition) is 2. The van der Waals surface area contributed by atoms with Crippen molar-refractivity contribution < 1.29 is 14.3 Å². The van der Waals surface area contributed by atoms with Crippen LogP contribution in [0.4, 0.5) is 10.8 Å². The Labute approximate surface area is 264 Å². The van der Waals surface area contributed by atoms with Gasteiger partial charge in [-0.25, -0.2) is 10.4 Å². The standard InChI is InChI=1S/C33H28Cl2N4O3S/c1-3-41-30-17-23(16-28(35)31(30)42-19-22-5-4-6-26(34)15-22)18-36-39-32(40)25-11-9-24(10-12-25)29-20-43-33(38-29)37-27-13-7-21(2)8-14-27/h4-18,20H,3,19H2,1-2H3,(H,37,38)(H,39,40)/b36-18-. The highest BCUT2D eigenvalue weighted by molar-refractivity contribution is 7.14. The van der Waals surface area contributed by atoms with Crippen molar-refractivity contribution in [3.05, 3.63) is 123 Å². The summed E-state index contributed by atoms with van der Waals surface area (Å²) < 4.78 is 11.7. The minimum Gasteiger partial charge on any atom is -0.490 e. The minimum absolute atomic E-state index is 0.274. The second-order valence-electron chi connectivity index (χ2n) is 9.49. The molecular formula is C33H28Cl2N4O3S. The number of aromatic nitrogens is 1. The fourth-order valence-corrected chi connectivity index (χ4v) is 5.32. The van der Waals surface area contributed by atoms with E-state index < -0.39 is 0 Å². The van der Waals surface area contributed by atoms with Gasteiger partial charge in [0.05, 0.1) is 23.5 Å². The van der Waals surface area contributed by atoms with Crippen molar-refractivity contribution in [2.75, 3.05) is 11.9 Å². The molecule has 0 spiro atoms. The molecule has 1 aromatic heterocycles. The van der Waals surface area contributed by atoms with Gasteiger partial charge in [0.15, 0.2) is 16.6 Å². The number of nitrogens with one attached hydrogen (secondary N) is 2. The third-order valence-electron chi connectivity index (χ3n) is 6.23. The highest BCUT2D eigenvalue weighted by Crippen LogP contribution is 2.37. The van der Waals surface area contributed by atoms with Crippen LogP contribution in [0.3, 0.4) is 0 Å². The summed E-state index contributed by atoms with van der Waals surface area (Å²) in [5.41, 5.74) is 8.47. The van der Waals surface area contributed by atoms with Crippen LogP contribution < -0.4 is 20.2 Å². The normalized spacial score (nSPS) is 11.0. The predicted octanol–water partition coefficient (Wildman–Crippen LogP) is 8.91. The molecular weight excluding hydrogens is 603 g/mol. The Morgan fingerprint density at radius 1 is 1.00 bits per heavy atom. The molecule has 7 nitrogen and oxygen atoms in total. The number of hydrazone groups is 1. The van der Waals surface area contributed by atoms with E-state index in [9.17, 15) is 4.79 Å². The number of nitrogens with zero attached hydrogens (tertiary/aromatic N) is 2. The van der Waals surface area contributed by atoms with Crippen molar-refractivity contribution in [1.82, 2.24) is 10.4 Å². The average Bonchev–Trinajstić information content (AvgIpc) is 3.47. The Hall–Kier alpha value is -4.37. The number of rotatable bonds is 11. The van der Waals surface area contributed by atoms with Crippen LogP contribution in [-0.2, 0) is 6.61 Å². The van der Waals surface area contributed by atoms with Gasteiger partial charge in [-0.2, -0.15) is 5.10 Å². The Morgan fingerprint density at radius 3 is 2.53 bits per heavy atom. The fraction of sp³-hybridized carbons (Fsp3) is 0.121. The summed E-state index contributed by atoms with van der Waals surface area (Å²) in [5.74, 6) is 0.544. The van der Waals surface area contributed by atoms with E-state index in [1.165, 1.54) is 23.1 Å². The van der Waals surface area contributed by atoms with Crippen LogP contribution in [0.25, 0.3) is 11.3 Å². The largest absolute Gasteiger partial charge is 0.490 e. The maximum atomic E-state index is 12.7. The zero-order chi connectivity index (χ0) is 30.2. The summed E-state index contributed by atoms with van der Waals surface area (Å²) in [7, 11) is 0. The predicted molar refractivity (Wildman–Crippen MR) is 175 cm³/mol. The quantitative estimate of drug-likeness (QED) is 0.112. The molecule has 4 aromatic carbocycles. The molecule has 10 heteroatoms. The lowest BCUT2D eigenvalue weighted by atomic mass is 10.1. The number of hydrogen-bond acceptors (Lipinski definition) is 7. The molecule has 0 atom stereocenters. The SMILES string of the molecule is CCOc1cc(/C=N\NC(=O)c2ccc(-c3csc(Nc4ccc(C)cc4)n3)cc2)cc(Cl)c1OCc1cccc(Cl)c1. The van der Waals surface area contributed by atoms with Crippen LogP contribution in [0.5, 0.6) is 11.5 Å². The number of benzene rings is 4. The number of amides is 1. The molecule has 0 saturated heterocycles. The third-order valence-corrected chi connectivity index (χ3v) is 7.51. The molecule has 0 aliphatic heterocycles. The number of ether oxygens (including phenoxy) is 2. The molecule has 2 N–H and O–H groups in total. The van der Waals surface area contributed by atoms with E-state index in [-0.39, 0.29) is 12.5 Å². The van der Waals surface area contributed by atoms with Gasteiger partial charge < -0.3 is 14.8 Å². The van der Waals surface area contributed by atoms with E-state index in [1.54, 1.807) is 30.3 Å². The molecule has 218 valence electrons. The van der Waals surface area contributed by atoms with Gasteiger partial charge >= 0.3 is 0 Å². The lowest BCUT2D eigenvalue weighted by molar-refractivity contribution is 0.0955. The summed E-state index contributed by atoms with van der Waals surface area (Å²) in [5, 5.41) is 11.2. The molecule has 0 fully saturated rings. The number of thiazole rings is 1. The van der Waals surface area contributed by atoms with E-state index in [2.05, 4.69) is 27.8 Å².